The van der Waals surface area contributed by atoms with Crippen LogP contribution >= 0.6 is 0 Å². The number of sulfonamides is 1. The van der Waals surface area contributed by atoms with Crippen molar-refractivity contribution in [1.29, 1.82) is 0 Å². The van der Waals surface area contributed by atoms with Crippen LogP contribution in [0.4, 0.5) is 0 Å². The van der Waals surface area contributed by atoms with Crippen LogP contribution in [0.2, 0.25) is 0 Å². The van der Waals surface area contributed by atoms with Crippen LogP contribution in [0.5, 0.6) is 0 Å². The topological polar surface area (TPSA) is 92.5 Å². The lowest BCUT2D eigenvalue weighted by Gasteiger charge is -2.22. The zero-order valence-electron chi connectivity index (χ0n) is 17.3. The maximum absolute atomic E-state index is 12.6. The molecule has 0 radical (unpaired) electrons. The molecular formula is C24H27N3O3S. The van der Waals surface area contributed by atoms with E-state index in [4.69, 9.17) is 5.14 Å². The van der Waals surface area contributed by atoms with Gasteiger partial charge in [0.25, 0.3) is 0 Å². The average Bonchev–Trinajstić information content (AvgIpc) is 2.75. The Bertz CT molecular complexity index is 1030. The summed E-state index contributed by atoms with van der Waals surface area (Å²) in [5, 5.41) is 8.07. The predicted molar refractivity (Wildman–Crippen MR) is 122 cm³/mol. The molecule has 0 bridgehead atoms. The highest BCUT2D eigenvalue weighted by atomic mass is 32.2. The SMILES string of the molecule is NS(=O)(=O)c1ccc(CCNC(=O)CN(Cc2ccccc2)Cc2ccccc2)cc1. The summed E-state index contributed by atoms with van der Waals surface area (Å²) in [6.45, 7) is 2.11. The van der Waals surface area contributed by atoms with Crippen molar-refractivity contribution < 1.29 is 13.2 Å². The third-order valence-corrected chi connectivity index (χ3v) is 5.78. The van der Waals surface area contributed by atoms with Gasteiger partial charge in [-0.1, -0.05) is 72.8 Å². The molecule has 1 amide bonds. The van der Waals surface area contributed by atoms with Gasteiger partial charge >= 0.3 is 0 Å². The van der Waals surface area contributed by atoms with Crippen LogP contribution in [0.3, 0.4) is 0 Å². The van der Waals surface area contributed by atoms with Gasteiger partial charge in [0.1, 0.15) is 0 Å². The van der Waals surface area contributed by atoms with Crippen molar-refractivity contribution in [1.82, 2.24) is 10.2 Å². The molecular weight excluding hydrogens is 410 g/mol. The van der Waals surface area contributed by atoms with E-state index in [-0.39, 0.29) is 17.3 Å². The van der Waals surface area contributed by atoms with Gasteiger partial charge in [0.05, 0.1) is 11.4 Å². The van der Waals surface area contributed by atoms with Gasteiger partial charge in [0, 0.05) is 19.6 Å². The van der Waals surface area contributed by atoms with Gasteiger partial charge in [-0.3, -0.25) is 9.69 Å². The van der Waals surface area contributed by atoms with E-state index in [1.54, 1.807) is 12.1 Å². The van der Waals surface area contributed by atoms with E-state index in [1.165, 1.54) is 12.1 Å². The van der Waals surface area contributed by atoms with Crippen molar-refractivity contribution >= 4 is 15.9 Å². The van der Waals surface area contributed by atoms with Crippen molar-refractivity contribution in [3.63, 3.8) is 0 Å². The van der Waals surface area contributed by atoms with Crippen LogP contribution in [0.1, 0.15) is 16.7 Å². The minimum absolute atomic E-state index is 0.0481. The third-order valence-electron chi connectivity index (χ3n) is 4.85. The van der Waals surface area contributed by atoms with Crippen LogP contribution in [-0.4, -0.2) is 32.3 Å². The second-order valence-corrected chi connectivity index (χ2v) is 8.97. The molecule has 6 nitrogen and oxygen atoms in total. The summed E-state index contributed by atoms with van der Waals surface area (Å²) in [5.74, 6) is -0.0481. The highest BCUT2D eigenvalue weighted by Gasteiger charge is 2.12. The monoisotopic (exact) mass is 437 g/mol. The molecule has 0 fully saturated rings. The highest BCUT2D eigenvalue weighted by Crippen LogP contribution is 2.11. The molecule has 0 atom stereocenters. The Morgan fingerprint density at radius 1 is 0.774 bits per heavy atom. The zero-order valence-corrected chi connectivity index (χ0v) is 18.1. The highest BCUT2D eigenvalue weighted by molar-refractivity contribution is 7.89. The lowest BCUT2D eigenvalue weighted by Crippen LogP contribution is -2.37. The number of nitrogens with one attached hydrogen (secondary N) is 1. The molecule has 0 spiro atoms. The first-order chi connectivity index (χ1) is 14.9. The number of carbonyl (C=O) groups is 1. The number of primary sulfonamides is 1. The van der Waals surface area contributed by atoms with Crippen molar-refractivity contribution in [2.45, 2.75) is 24.4 Å². The molecule has 3 aromatic rings. The molecule has 0 aliphatic heterocycles. The van der Waals surface area contributed by atoms with Gasteiger partial charge in [0.15, 0.2) is 0 Å². The van der Waals surface area contributed by atoms with Crippen LogP contribution in [-0.2, 0) is 34.3 Å². The minimum atomic E-state index is -3.69. The fourth-order valence-corrected chi connectivity index (χ4v) is 3.82. The number of amides is 1. The summed E-state index contributed by atoms with van der Waals surface area (Å²) in [6, 6.07) is 26.6. The number of carbonyl (C=O) groups excluding carboxylic acids is 1. The van der Waals surface area contributed by atoms with Crippen molar-refractivity contribution in [3.8, 4) is 0 Å². The summed E-state index contributed by atoms with van der Waals surface area (Å²) >= 11 is 0. The van der Waals surface area contributed by atoms with Crippen LogP contribution in [0, 0.1) is 0 Å². The number of nitrogens with zero attached hydrogens (tertiary/aromatic N) is 1. The molecule has 0 saturated heterocycles. The average molecular weight is 438 g/mol. The van der Waals surface area contributed by atoms with Gasteiger partial charge in [-0.2, -0.15) is 0 Å². The summed E-state index contributed by atoms with van der Waals surface area (Å²) in [6.07, 6.45) is 0.605. The van der Waals surface area contributed by atoms with Crippen LogP contribution in [0.15, 0.2) is 89.8 Å². The molecule has 3 rings (SSSR count). The fraction of sp³-hybridized carbons (Fsp3) is 0.208. The Morgan fingerprint density at radius 3 is 1.77 bits per heavy atom. The van der Waals surface area contributed by atoms with Gasteiger partial charge in [-0.15, -0.1) is 0 Å². The first kappa shape index (κ1) is 22.7. The fourth-order valence-electron chi connectivity index (χ4n) is 3.30. The van der Waals surface area contributed by atoms with Gasteiger partial charge in [0.2, 0.25) is 15.9 Å². The van der Waals surface area contributed by atoms with E-state index in [0.717, 1.165) is 16.7 Å². The maximum atomic E-state index is 12.6. The van der Waals surface area contributed by atoms with E-state index in [9.17, 15) is 13.2 Å². The molecule has 0 heterocycles. The van der Waals surface area contributed by atoms with Crippen LogP contribution in [0.25, 0.3) is 0 Å². The number of nitrogens with two attached hydrogens (primary N) is 1. The lowest BCUT2D eigenvalue weighted by molar-refractivity contribution is -0.122. The first-order valence-electron chi connectivity index (χ1n) is 10.1. The first-order valence-corrected chi connectivity index (χ1v) is 11.6. The van der Waals surface area contributed by atoms with Crippen molar-refractivity contribution in [2.75, 3.05) is 13.1 Å². The Labute approximate surface area is 183 Å². The predicted octanol–water partition coefficient (Wildman–Crippen LogP) is 2.70. The summed E-state index contributed by atoms with van der Waals surface area (Å²) in [7, 11) is -3.69. The molecule has 7 heteroatoms. The Hall–Kier alpha value is -3.00. The van der Waals surface area contributed by atoms with Gasteiger partial charge < -0.3 is 5.32 Å². The van der Waals surface area contributed by atoms with Crippen LogP contribution < -0.4 is 10.5 Å². The second-order valence-electron chi connectivity index (χ2n) is 7.41. The smallest absolute Gasteiger partial charge is 0.238 e. The molecule has 3 aromatic carbocycles. The number of hydrogen-bond acceptors (Lipinski definition) is 4. The van der Waals surface area contributed by atoms with E-state index in [0.29, 0.717) is 26.1 Å². The summed E-state index contributed by atoms with van der Waals surface area (Å²) < 4.78 is 22.7. The van der Waals surface area contributed by atoms with Crippen molar-refractivity contribution in [2.24, 2.45) is 5.14 Å². The number of hydrogen-bond donors (Lipinski definition) is 2. The summed E-state index contributed by atoms with van der Waals surface area (Å²) in [5.41, 5.74) is 3.24. The number of rotatable bonds is 10. The summed E-state index contributed by atoms with van der Waals surface area (Å²) in [4.78, 5) is 14.8. The molecule has 0 aliphatic carbocycles. The van der Waals surface area contributed by atoms with Gasteiger partial charge in [-0.05, 0) is 35.2 Å². The van der Waals surface area contributed by atoms with Gasteiger partial charge in [-0.25, -0.2) is 13.6 Å². The Morgan fingerprint density at radius 2 is 1.29 bits per heavy atom. The molecule has 31 heavy (non-hydrogen) atoms. The van der Waals surface area contributed by atoms with E-state index in [2.05, 4.69) is 34.5 Å². The largest absolute Gasteiger partial charge is 0.355 e. The molecule has 0 saturated carbocycles. The minimum Gasteiger partial charge on any atom is -0.355 e. The second kappa shape index (κ2) is 10.9. The molecule has 0 aliphatic rings. The zero-order chi connectivity index (χ0) is 22.1. The third kappa shape index (κ3) is 7.64. The molecule has 3 N–H and O–H groups in total. The lowest BCUT2D eigenvalue weighted by atomic mass is 10.1. The Kier molecular flexibility index (Phi) is 7.94. The maximum Gasteiger partial charge on any atom is 0.238 e. The standard InChI is InChI=1S/C24H27N3O3S/c25-31(29,30)23-13-11-20(12-14-23)15-16-26-24(28)19-27(17-21-7-3-1-4-8-21)18-22-9-5-2-6-10-22/h1-14H,15-19H2,(H,26,28)(H2,25,29,30). The molecule has 162 valence electrons. The quantitative estimate of drug-likeness (QED) is 0.510. The van der Waals surface area contributed by atoms with E-state index >= 15 is 0 Å². The number of benzene rings is 3. The van der Waals surface area contributed by atoms with E-state index in [1.807, 2.05) is 36.4 Å². The van der Waals surface area contributed by atoms with E-state index < -0.39 is 10.0 Å². The van der Waals surface area contributed by atoms with Crippen molar-refractivity contribution in [3.05, 3.63) is 102 Å². The Balaban J connectivity index is 1.54. The molecule has 0 aromatic heterocycles. The normalized spacial score (nSPS) is 11.4. The molecule has 0 unspecified atom stereocenters.